The van der Waals surface area contributed by atoms with Crippen molar-refractivity contribution < 1.29 is 9.84 Å². The first-order chi connectivity index (χ1) is 7.27. The van der Waals surface area contributed by atoms with Crippen LogP contribution >= 0.6 is 0 Å². The Hall–Kier alpha value is -1.06. The molecule has 0 heterocycles. The Kier molecular flexibility index (Phi) is 3.61. The molecule has 0 aliphatic carbocycles. The summed E-state index contributed by atoms with van der Waals surface area (Å²) in [6.07, 6.45) is 0. The van der Waals surface area contributed by atoms with E-state index in [0.717, 1.165) is 0 Å². The summed E-state index contributed by atoms with van der Waals surface area (Å²) >= 11 is 0. The standard InChI is InChI=1S/C13H21NO2/c1-10(14)13(15,12(2,3)4)16-11-8-6-5-7-9-11/h5-10,15H,14H2,1-4H3. The quantitative estimate of drug-likeness (QED) is 0.772. The largest absolute Gasteiger partial charge is 0.460 e. The fourth-order valence-electron chi connectivity index (χ4n) is 1.60. The summed E-state index contributed by atoms with van der Waals surface area (Å²) in [5.41, 5.74) is 5.37. The van der Waals surface area contributed by atoms with Gasteiger partial charge < -0.3 is 15.6 Å². The van der Waals surface area contributed by atoms with Crippen LogP contribution in [0.5, 0.6) is 5.75 Å². The Morgan fingerprint density at radius 1 is 1.19 bits per heavy atom. The number of para-hydroxylation sites is 1. The second-order valence-electron chi connectivity index (χ2n) is 5.15. The van der Waals surface area contributed by atoms with Gasteiger partial charge in [0.15, 0.2) is 0 Å². The highest BCUT2D eigenvalue weighted by Crippen LogP contribution is 2.34. The summed E-state index contributed by atoms with van der Waals surface area (Å²) in [6, 6.07) is 8.75. The van der Waals surface area contributed by atoms with Gasteiger partial charge in [-0.15, -0.1) is 0 Å². The topological polar surface area (TPSA) is 55.5 Å². The minimum Gasteiger partial charge on any atom is -0.460 e. The van der Waals surface area contributed by atoms with Crippen molar-refractivity contribution in [1.82, 2.24) is 0 Å². The van der Waals surface area contributed by atoms with Crippen LogP contribution in [-0.2, 0) is 0 Å². The predicted molar refractivity (Wildman–Crippen MR) is 65.1 cm³/mol. The predicted octanol–water partition coefficient (Wildman–Crippen LogP) is 2.15. The van der Waals surface area contributed by atoms with E-state index in [1.54, 1.807) is 19.1 Å². The molecular formula is C13H21NO2. The molecule has 0 saturated carbocycles. The Balaban J connectivity index is 2.98. The summed E-state index contributed by atoms with van der Waals surface area (Å²) in [4.78, 5) is 0. The zero-order valence-electron chi connectivity index (χ0n) is 10.4. The van der Waals surface area contributed by atoms with Crippen LogP contribution in [-0.4, -0.2) is 16.9 Å². The molecule has 0 radical (unpaired) electrons. The molecule has 90 valence electrons. The van der Waals surface area contributed by atoms with E-state index in [1.165, 1.54) is 0 Å². The summed E-state index contributed by atoms with van der Waals surface area (Å²) in [5, 5.41) is 10.5. The lowest BCUT2D eigenvalue weighted by Gasteiger charge is -2.42. The minimum atomic E-state index is -1.38. The van der Waals surface area contributed by atoms with Crippen LogP contribution in [0.1, 0.15) is 27.7 Å². The third-order valence-electron chi connectivity index (χ3n) is 2.71. The first-order valence-electron chi connectivity index (χ1n) is 5.49. The normalized spacial score (nSPS) is 17.6. The average molecular weight is 223 g/mol. The zero-order valence-corrected chi connectivity index (χ0v) is 10.4. The van der Waals surface area contributed by atoms with E-state index in [-0.39, 0.29) is 0 Å². The first kappa shape index (κ1) is 13.0. The number of benzene rings is 1. The minimum absolute atomic E-state index is 0.461. The fraction of sp³-hybridized carbons (Fsp3) is 0.538. The SMILES string of the molecule is CC(N)C(O)(Oc1ccccc1)C(C)(C)C. The highest BCUT2D eigenvalue weighted by atomic mass is 16.6. The summed E-state index contributed by atoms with van der Waals surface area (Å²) in [5.74, 6) is -0.758. The molecule has 0 aliphatic rings. The molecule has 2 unspecified atom stereocenters. The smallest absolute Gasteiger partial charge is 0.227 e. The van der Waals surface area contributed by atoms with Gasteiger partial charge >= 0.3 is 0 Å². The molecule has 0 saturated heterocycles. The van der Waals surface area contributed by atoms with E-state index in [9.17, 15) is 5.11 Å². The molecule has 0 amide bonds. The van der Waals surface area contributed by atoms with E-state index in [1.807, 2.05) is 39.0 Å². The maximum Gasteiger partial charge on any atom is 0.227 e. The lowest BCUT2D eigenvalue weighted by molar-refractivity contribution is -0.217. The highest BCUT2D eigenvalue weighted by Gasteiger charge is 2.46. The Labute approximate surface area is 97.2 Å². The molecule has 1 rings (SSSR count). The number of nitrogens with two attached hydrogens (primary N) is 1. The molecule has 3 heteroatoms. The van der Waals surface area contributed by atoms with E-state index in [0.29, 0.717) is 5.75 Å². The van der Waals surface area contributed by atoms with E-state index < -0.39 is 17.2 Å². The van der Waals surface area contributed by atoms with Crippen molar-refractivity contribution in [2.45, 2.75) is 39.5 Å². The number of hydrogen-bond donors (Lipinski definition) is 2. The Bertz CT molecular complexity index is 330. The Morgan fingerprint density at radius 3 is 2.06 bits per heavy atom. The molecule has 0 aliphatic heterocycles. The van der Waals surface area contributed by atoms with Crippen LogP contribution < -0.4 is 10.5 Å². The number of ether oxygens (including phenoxy) is 1. The maximum absolute atomic E-state index is 10.5. The molecule has 16 heavy (non-hydrogen) atoms. The van der Waals surface area contributed by atoms with Gasteiger partial charge in [-0.25, -0.2) is 0 Å². The van der Waals surface area contributed by atoms with Crippen molar-refractivity contribution >= 4 is 0 Å². The van der Waals surface area contributed by atoms with Crippen molar-refractivity contribution in [3.63, 3.8) is 0 Å². The molecule has 0 aromatic heterocycles. The molecule has 0 fully saturated rings. The Morgan fingerprint density at radius 2 is 1.69 bits per heavy atom. The molecule has 0 spiro atoms. The molecule has 3 N–H and O–H groups in total. The van der Waals surface area contributed by atoms with Crippen LogP contribution in [0.25, 0.3) is 0 Å². The number of aliphatic hydroxyl groups is 1. The van der Waals surface area contributed by atoms with Crippen molar-refractivity contribution in [2.24, 2.45) is 11.1 Å². The van der Waals surface area contributed by atoms with Crippen LogP contribution in [0.3, 0.4) is 0 Å². The van der Waals surface area contributed by atoms with Crippen molar-refractivity contribution in [2.75, 3.05) is 0 Å². The lowest BCUT2D eigenvalue weighted by atomic mass is 9.81. The van der Waals surface area contributed by atoms with Gasteiger partial charge in [-0.2, -0.15) is 0 Å². The van der Waals surface area contributed by atoms with Crippen molar-refractivity contribution in [3.05, 3.63) is 30.3 Å². The third-order valence-corrected chi connectivity index (χ3v) is 2.71. The lowest BCUT2D eigenvalue weighted by Crippen LogP contribution is -2.59. The molecule has 1 aromatic rings. The van der Waals surface area contributed by atoms with Crippen LogP contribution in [0.2, 0.25) is 0 Å². The molecular weight excluding hydrogens is 202 g/mol. The zero-order chi connectivity index (χ0) is 12.4. The summed E-state index contributed by atoms with van der Waals surface area (Å²) in [6.45, 7) is 7.45. The van der Waals surface area contributed by atoms with Crippen LogP contribution in [0, 0.1) is 5.41 Å². The van der Waals surface area contributed by atoms with Gasteiger partial charge in [0.25, 0.3) is 0 Å². The summed E-state index contributed by atoms with van der Waals surface area (Å²) < 4.78 is 5.66. The monoisotopic (exact) mass is 223 g/mol. The third kappa shape index (κ3) is 2.54. The van der Waals surface area contributed by atoms with Crippen LogP contribution in [0.4, 0.5) is 0 Å². The average Bonchev–Trinajstić information content (AvgIpc) is 2.17. The highest BCUT2D eigenvalue weighted by molar-refractivity contribution is 5.22. The van der Waals surface area contributed by atoms with Gasteiger partial charge in [0, 0.05) is 5.41 Å². The van der Waals surface area contributed by atoms with E-state index in [2.05, 4.69) is 0 Å². The second-order valence-corrected chi connectivity index (χ2v) is 5.15. The van der Waals surface area contributed by atoms with Gasteiger partial charge in [0.05, 0.1) is 6.04 Å². The second kappa shape index (κ2) is 4.44. The number of rotatable bonds is 3. The van der Waals surface area contributed by atoms with E-state index >= 15 is 0 Å². The molecule has 1 aromatic carbocycles. The van der Waals surface area contributed by atoms with Gasteiger partial charge in [0.2, 0.25) is 5.79 Å². The summed E-state index contributed by atoms with van der Waals surface area (Å²) in [7, 11) is 0. The van der Waals surface area contributed by atoms with Gasteiger partial charge in [-0.3, -0.25) is 0 Å². The van der Waals surface area contributed by atoms with Crippen molar-refractivity contribution in [1.29, 1.82) is 0 Å². The van der Waals surface area contributed by atoms with Gasteiger partial charge in [-0.1, -0.05) is 39.0 Å². The van der Waals surface area contributed by atoms with Crippen LogP contribution in [0.15, 0.2) is 30.3 Å². The van der Waals surface area contributed by atoms with Gasteiger partial charge in [0.1, 0.15) is 5.75 Å². The maximum atomic E-state index is 10.5. The molecule has 2 atom stereocenters. The molecule has 3 nitrogen and oxygen atoms in total. The van der Waals surface area contributed by atoms with Crippen molar-refractivity contribution in [3.8, 4) is 5.75 Å². The fourth-order valence-corrected chi connectivity index (χ4v) is 1.60. The van der Waals surface area contributed by atoms with E-state index in [4.69, 9.17) is 10.5 Å². The molecule has 0 bridgehead atoms. The van der Waals surface area contributed by atoms with Gasteiger partial charge in [-0.05, 0) is 19.1 Å². The number of hydrogen-bond acceptors (Lipinski definition) is 3. The first-order valence-corrected chi connectivity index (χ1v) is 5.49.